The minimum absolute atomic E-state index is 0.547. The molecule has 3 N–H and O–H groups in total. The predicted octanol–water partition coefficient (Wildman–Crippen LogP) is 0.465. The van der Waals surface area contributed by atoms with Crippen LogP contribution in [0.1, 0.15) is 20.8 Å². The van der Waals surface area contributed by atoms with Gasteiger partial charge in [0.25, 0.3) is 0 Å². The Morgan fingerprint density at radius 1 is 1.50 bits per heavy atom. The lowest BCUT2D eigenvalue weighted by Crippen LogP contribution is -2.31. The van der Waals surface area contributed by atoms with Gasteiger partial charge in [0.1, 0.15) is 6.23 Å². The van der Waals surface area contributed by atoms with Gasteiger partial charge >= 0.3 is 0 Å². The van der Waals surface area contributed by atoms with Gasteiger partial charge in [-0.2, -0.15) is 4.89 Å². The third kappa shape index (κ3) is 4.66. The van der Waals surface area contributed by atoms with Crippen molar-refractivity contribution in [3.63, 3.8) is 0 Å². The van der Waals surface area contributed by atoms with Crippen LogP contribution >= 0.6 is 0 Å². The highest BCUT2D eigenvalue weighted by Gasteiger charge is 2.21. The maximum absolute atomic E-state index is 8.16. The van der Waals surface area contributed by atoms with Crippen molar-refractivity contribution in [2.24, 2.45) is 5.73 Å². The minimum Gasteiger partial charge on any atom is -0.304 e. The highest BCUT2D eigenvalue weighted by Crippen LogP contribution is 2.09. The Kier molecular flexibility index (Phi) is 3.77. The summed E-state index contributed by atoms with van der Waals surface area (Å²) in [5.41, 5.74) is 5.17. The highest BCUT2D eigenvalue weighted by atomic mass is 17.3. The molecule has 0 rings (SSSR count). The van der Waals surface area contributed by atoms with E-state index in [0.717, 1.165) is 0 Å². The molecule has 0 aliphatic rings. The average molecular weight is 151 g/mol. The Hall–Kier alpha value is -0.200. The van der Waals surface area contributed by atoms with Crippen LogP contribution in [0.3, 0.4) is 0 Å². The molecule has 5 heteroatoms. The van der Waals surface area contributed by atoms with Crippen LogP contribution in [0.4, 0.5) is 0 Å². The SMILES string of the molecule is CC(N)OOC(C)(C)OO. The van der Waals surface area contributed by atoms with Crippen LogP contribution in [-0.4, -0.2) is 17.3 Å². The fraction of sp³-hybridized carbons (Fsp3) is 1.00. The Morgan fingerprint density at radius 3 is 2.30 bits per heavy atom. The van der Waals surface area contributed by atoms with Crippen molar-refractivity contribution in [1.29, 1.82) is 0 Å². The normalized spacial score (nSPS) is 15.3. The van der Waals surface area contributed by atoms with Gasteiger partial charge in [-0.1, -0.05) is 0 Å². The van der Waals surface area contributed by atoms with E-state index < -0.39 is 12.0 Å². The minimum atomic E-state index is -1.17. The largest absolute Gasteiger partial charge is 0.304 e. The molecule has 0 amide bonds. The van der Waals surface area contributed by atoms with E-state index in [1.807, 2.05) is 0 Å². The van der Waals surface area contributed by atoms with E-state index in [4.69, 9.17) is 11.0 Å². The monoisotopic (exact) mass is 151 g/mol. The smallest absolute Gasteiger partial charge is 0.228 e. The van der Waals surface area contributed by atoms with Gasteiger partial charge in [0.2, 0.25) is 5.79 Å². The molecule has 5 nitrogen and oxygen atoms in total. The first-order chi connectivity index (χ1) is 4.48. The molecule has 0 spiro atoms. The molecule has 0 aliphatic carbocycles. The summed E-state index contributed by atoms with van der Waals surface area (Å²) in [6.07, 6.45) is -0.547. The summed E-state index contributed by atoms with van der Waals surface area (Å²) in [5, 5.41) is 8.16. The van der Waals surface area contributed by atoms with Crippen molar-refractivity contribution in [3.8, 4) is 0 Å². The van der Waals surface area contributed by atoms with Crippen LogP contribution < -0.4 is 5.73 Å². The Morgan fingerprint density at radius 2 is 2.00 bits per heavy atom. The molecule has 0 aliphatic heterocycles. The zero-order valence-electron chi connectivity index (χ0n) is 6.33. The lowest BCUT2D eigenvalue weighted by atomic mass is 10.4. The molecule has 1 unspecified atom stereocenters. The summed E-state index contributed by atoms with van der Waals surface area (Å²) in [6.45, 7) is 4.55. The molecule has 0 radical (unpaired) electrons. The third-order valence-corrected chi connectivity index (χ3v) is 0.620. The standard InChI is InChI=1S/C5H13NO4/c1-4(6)8-10-5(2,3)9-7/h4,7H,6H2,1-3H3. The van der Waals surface area contributed by atoms with Gasteiger partial charge in [0.05, 0.1) is 0 Å². The maximum atomic E-state index is 8.16. The molecule has 1 atom stereocenters. The quantitative estimate of drug-likeness (QED) is 0.347. The van der Waals surface area contributed by atoms with E-state index in [1.165, 1.54) is 13.8 Å². The van der Waals surface area contributed by atoms with E-state index in [1.54, 1.807) is 6.92 Å². The van der Waals surface area contributed by atoms with E-state index in [9.17, 15) is 0 Å². The summed E-state index contributed by atoms with van der Waals surface area (Å²) < 4.78 is 0. The van der Waals surface area contributed by atoms with Crippen molar-refractivity contribution in [3.05, 3.63) is 0 Å². The second-order valence-electron chi connectivity index (χ2n) is 2.38. The van der Waals surface area contributed by atoms with Gasteiger partial charge < -0.3 is 5.73 Å². The van der Waals surface area contributed by atoms with Crippen molar-refractivity contribution in [2.75, 3.05) is 0 Å². The summed E-state index contributed by atoms with van der Waals surface area (Å²) in [7, 11) is 0. The maximum Gasteiger partial charge on any atom is 0.228 e. The van der Waals surface area contributed by atoms with Crippen LogP contribution in [0.5, 0.6) is 0 Å². The number of rotatable bonds is 4. The van der Waals surface area contributed by atoms with Gasteiger partial charge in [0, 0.05) is 0 Å². The van der Waals surface area contributed by atoms with E-state index in [-0.39, 0.29) is 0 Å². The molecular formula is C5H13NO4. The molecule has 0 aromatic carbocycles. The topological polar surface area (TPSA) is 73.9 Å². The molecular weight excluding hydrogens is 138 g/mol. The highest BCUT2D eigenvalue weighted by molar-refractivity contribution is 4.44. The van der Waals surface area contributed by atoms with Gasteiger partial charge in [-0.15, -0.1) is 0 Å². The van der Waals surface area contributed by atoms with Crippen LogP contribution in [0.25, 0.3) is 0 Å². The van der Waals surface area contributed by atoms with E-state index >= 15 is 0 Å². The lowest BCUT2D eigenvalue weighted by molar-refractivity contribution is -0.497. The fourth-order valence-electron chi connectivity index (χ4n) is 0.207. The van der Waals surface area contributed by atoms with Gasteiger partial charge in [-0.05, 0) is 20.8 Å². The van der Waals surface area contributed by atoms with Crippen molar-refractivity contribution < 1.29 is 19.9 Å². The third-order valence-electron chi connectivity index (χ3n) is 0.620. The van der Waals surface area contributed by atoms with Crippen LogP contribution in [0.2, 0.25) is 0 Å². The molecule has 62 valence electrons. The second-order valence-corrected chi connectivity index (χ2v) is 2.38. The molecule has 0 saturated heterocycles. The fourth-order valence-corrected chi connectivity index (χ4v) is 0.207. The van der Waals surface area contributed by atoms with Crippen LogP contribution in [-0.2, 0) is 14.7 Å². The zero-order chi connectivity index (χ0) is 8.20. The first kappa shape index (κ1) is 9.80. The van der Waals surface area contributed by atoms with Gasteiger partial charge in [0.15, 0.2) is 0 Å². The number of hydrogen-bond donors (Lipinski definition) is 2. The molecule has 0 aromatic rings. The average Bonchev–Trinajstić information content (AvgIpc) is 1.85. The summed E-state index contributed by atoms with van der Waals surface area (Å²) in [4.78, 5) is 12.9. The summed E-state index contributed by atoms with van der Waals surface area (Å²) >= 11 is 0. The Labute approximate surface area is 59.5 Å². The van der Waals surface area contributed by atoms with Crippen LogP contribution in [0.15, 0.2) is 0 Å². The molecule has 0 fully saturated rings. The van der Waals surface area contributed by atoms with Gasteiger partial charge in [-0.3, -0.25) is 0 Å². The lowest BCUT2D eigenvalue weighted by Gasteiger charge is -2.20. The molecule has 0 bridgehead atoms. The number of hydrogen-bond acceptors (Lipinski definition) is 5. The molecule has 0 heterocycles. The predicted molar refractivity (Wildman–Crippen MR) is 33.6 cm³/mol. The van der Waals surface area contributed by atoms with Crippen molar-refractivity contribution in [2.45, 2.75) is 32.8 Å². The molecule has 0 aromatic heterocycles. The van der Waals surface area contributed by atoms with Crippen LogP contribution in [0, 0.1) is 0 Å². The molecule has 0 saturated carbocycles. The van der Waals surface area contributed by atoms with Gasteiger partial charge in [-0.25, -0.2) is 15.0 Å². The second kappa shape index (κ2) is 3.85. The summed E-state index contributed by atoms with van der Waals surface area (Å²) in [6, 6.07) is 0. The Bertz CT molecular complexity index is 93.6. The zero-order valence-corrected chi connectivity index (χ0v) is 6.33. The summed E-state index contributed by atoms with van der Waals surface area (Å²) in [5.74, 6) is -1.17. The molecule has 10 heavy (non-hydrogen) atoms. The van der Waals surface area contributed by atoms with Crippen molar-refractivity contribution >= 4 is 0 Å². The van der Waals surface area contributed by atoms with Crippen molar-refractivity contribution in [1.82, 2.24) is 0 Å². The first-order valence-corrected chi connectivity index (χ1v) is 2.90. The first-order valence-electron chi connectivity index (χ1n) is 2.90. The van der Waals surface area contributed by atoms with E-state index in [2.05, 4.69) is 14.7 Å². The Balaban J connectivity index is 3.46. The number of nitrogens with two attached hydrogens (primary N) is 1. The van der Waals surface area contributed by atoms with E-state index in [0.29, 0.717) is 0 Å².